The number of hydrogen-bond donors (Lipinski definition) is 0. The molecule has 3 aliphatic heterocycles. The largest absolute Gasteiger partial charge is 0.322 e. The van der Waals surface area contributed by atoms with Crippen molar-refractivity contribution in [3.8, 4) is 5.69 Å². The Morgan fingerprint density at radius 3 is 2.47 bits per heavy atom. The molecule has 0 saturated heterocycles. The molecule has 5 aromatic carbocycles. The SMILES string of the molecule is CC1C=CC2(C)C3=C(N4C5=C(C=CCC5)C5=CC(C)(c6ccc7c(c6)c6ccccc6n7-c6ccccc6)C1=C2C54C)S(=O)(c1c#cccc1)=Nc1ccccc13. The van der Waals surface area contributed by atoms with Crippen LogP contribution in [-0.2, 0) is 15.1 Å². The van der Waals surface area contributed by atoms with E-state index in [9.17, 15) is 0 Å². The predicted molar refractivity (Wildman–Crippen MR) is 231 cm³/mol. The summed E-state index contributed by atoms with van der Waals surface area (Å²) in [5.41, 5.74) is 12.8. The Hall–Kier alpha value is -6.09. The fourth-order valence-electron chi connectivity index (χ4n) is 11.7. The Bertz CT molecular complexity index is 3130. The molecule has 0 amide bonds. The summed E-state index contributed by atoms with van der Waals surface area (Å²) in [4.78, 5) is 3.09. The molecule has 4 heterocycles. The number of rotatable bonds is 3. The number of allylic oxidation sites excluding steroid dienone is 8. The molecule has 6 aromatic rings. The quantitative estimate of drug-likeness (QED) is 0.169. The van der Waals surface area contributed by atoms with Gasteiger partial charge < -0.3 is 9.47 Å². The number of fused-ring (bicyclic) bond motifs is 9. The minimum Gasteiger partial charge on any atom is -0.322 e. The summed E-state index contributed by atoms with van der Waals surface area (Å²) < 4.78 is 23.9. The third kappa shape index (κ3) is 3.97. The molecular weight excluding hydrogens is 715 g/mol. The molecular formula is C52H41N3OS. The molecule has 12 rings (SSSR count). The second-order valence-corrected chi connectivity index (χ2v) is 19.1. The van der Waals surface area contributed by atoms with E-state index in [1.165, 1.54) is 55.4 Å². The van der Waals surface area contributed by atoms with E-state index in [2.05, 4.69) is 165 Å². The van der Waals surface area contributed by atoms with Crippen molar-refractivity contribution < 1.29 is 4.21 Å². The molecule has 0 spiro atoms. The van der Waals surface area contributed by atoms with E-state index in [0.717, 1.165) is 40.4 Å². The summed E-state index contributed by atoms with van der Waals surface area (Å²) in [5.74, 6) is 0.163. The van der Waals surface area contributed by atoms with E-state index < -0.39 is 26.1 Å². The first-order valence-electron chi connectivity index (χ1n) is 20.2. The fraction of sp³-hybridized carbons (Fsp3) is 0.192. The summed E-state index contributed by atoms with van der Waals surface area (Å²) in [6.07, 6.45) is 13.9. The van der Waals surface area contributed by atoms with Crippen LogP contribution in [0.15, 0.2) is 188 Å². The van der Waals surface area contributed by atoms with Crippen LogP contribution in [0.2, 0.25) is 0 Å². The molecule has 5 unspecified atom stereocenters. The van der Waals surface area contributed by atoms with Crippen LogP contribution in [0.3, 0.4) is 0 Å². The summed E-state index contributed by atoms with van der Waals surface area (Å²) in [5, 5.41) is 3.32. The van der Waals surface area contributed by atoms with Gasteiger partial charge in [-0.2, -0.15) is 4.36 Å². The van der Waals surface area contributed by atoms with Gasteiger partial charge in [-0.25, -0.2) is 4.21 Å². The summed E-state index contributed by atoms with van der Waals surface area (Å²) in [6, 6.07) is 47.1. The Labute approximate surface area is 334 Å². The molecule has 0 N–H and O–H groups in total. The van der Waals surface area contributed by atoms with Gasteiger partial charge >= 0.3 is 0 Å². The van der Waals surface area contributed by atoms with Crippen molar-refractivity contribution in [1.29, 1.82) is 0 Å². The third-order valence-electron chi connectivity index (χ3n) is 13.9. The van der Waals surface area contributed by atoms with E-state index >= 15 is 4.21 Å². The van der Waals surface area contributed by atoms with Crippen LogP contribution >= 0.6 is 0 Å². The van der Waals surface area contributed by atoms with Gasteiger partial charge in [-0.15, -0.1) is 0 Å². The van der Waals surface area contributed by atoms with Crippen LogP contribution in [0.25, 0.3) is 33.1 Å². The van der Waals surface area contributed by atoms with Gasteiger partial charge in [-0.05, 0) is 116 Å². The number of para-hydroxylation sites is 2. The van der Waals surface area contributed by atoms with Gasteiger partial charge in [0.25, 0.3) is 0 Å². The van der Waals surface area contributed by atoms with Gasteiger partial charge in [-0.3, -0.25) is 0 Å². The molecule has 0 fully saturated rings. The number of hydrogen-bond acceptors (Lipinski definition) is 3. The topological polar surface area (TPSA) is 37.6 Å². The molecule has 3 aliphatic carbocycles. The van der Waals surface area contributed by atoms with E-state index in [1.54, 1.807) is 0 Å². The number of nitrogens with zero attached hydrogens (tertiary/aromatic N) is 3. The van der Waals surface area contributed by atoms with Crippen LogP contribution in [0, 0.1) is 23.5 Å². The summed E-state index contributed by atoms with van der Waals surface area (Å²) in [6.45, 7) is 9.62. The highest BCUT2D eigenvalue weighted by molar-refractivity contribution is 7.97. The molecule has 6 aliphatic rings. The van der Waals surface area contributed by atoms with Crippen molar-refractivity contribution in [2.45, 2.75) is 56.4 Å². The highest BCUT2D eigenvalue weighted by Crippen LogP contribution is 2.71. The predicted octanol–water partition coefficient (Wildman–Crippen LogP) is 12.3. The van der Waals surface area contributed by atoms with Crippen molar-refractivity contribution in [3.05, 3.63) is 202 Å². The van der Waals surface area contributed by atoms with Crippen LogP contribution in [0.5, 0.6) is 0 Å². The Morgan fingerprint density at radius 2 is 1.63 bits per heavy atom. The van der Waals surface area contributed by atoms with Crippen LogP contribution < -0.4 is 0 Å². The van der Waals surface area contributed by atoms with Crippen molar-refractivity contribution in [2.75, 3.05) is 0 Å². The molecule has 57 heavy (non-hydrogen) atoms. The Morgan fingerprint density at radius 1 is 0.842 bits per heavy atom. The van der Waals surface area contributed by atoms with Gasteiger partial charge in [0.1, 0.15) is 19.7 Å². The average molecular weight is 756 g/mol. The minimum absolute atomic E-state index is 0.163. The van der Waals surface area contributed by atoms with Gasteiger partial charge in [-0.1, -0.05) is 116 Å². The second-order valence-electron chi connectivity index (χ2n) is 17.0. The highest BCUT2D eigenvalue weighted by atomic mass is 32.2. The van der Waals surface area contributed by atoms with Crippen LogP contribution in [-0.4, -0.2) is 19.2 Å². The van der Waals surface area contributed by atoms with Crippen molar-refractivity contribution in [3.63, 3.8) is 0 Å². The monoisotopic (exact) mass is 755 g/mol. The lowest BCUT2D eigenvalue weighted by Crippen LogP contribution is -2.58. The van der Waals surface area contributed by atoms with Crippen molar-refractivity contribution in [1.82, 2.24) is 9.47 Å². The first-order chi connectivity index (χ1) is 27.7. The normalized spacial score (nSPS) is 29.2. The first kappa shape index (κ1) is 33.1. The molecule has 5 atom stereocenters. The molecule has 4 nitrogen and oxygen atoms in total. The third-order valence-corrected chi connectivity index (χ3v) is 16.1. The molecule has 5 heteroatoms. The van der Waals surface area contributed by atoms with Gasteiger partial charge in [0.15, 0.2) is 0 Å². The maximum atomic E-state index is 16.2. The summed E-state index contributed by atoms with van der Waals surface area (Å²) in [7, 11) is -3.19. The molecule has 0 saturated carbocycles. The maximum absolute atomic E-state index is 16.2. The van der Waals surface area contributed by atoms with Gasteiger partial charge in [0.05, 0.1) is 22.3 Å². The fourth-order valence-corrected chi connectivity index (χ4v) is 14.1. The van der Waals surface area contributed by atoms with Gasteiger partial charge in [0.2, 0.25) is 0 Å². The molecule has 0 radical (unpaired) electrons. The first-order valence-corrected chi connectivity index (χ1v) is 21.7. The average Bonchev–Trinajstić information content (AvgIpc) is 3.70. The number of aromatic nitrogens is 1. The minimum atomic E-state index is -3.19. The van der Waals surface area contributed by atoms with E-state index in [0.29, 0.717) is 4.90 Å². The van der Waals surface area contributed by atoms with E-state index in [-0.39, 0.29) is 5.92 Å². The summed E-state index contributed by atoms with van der Waals surface area (Å²) >= 11 is 0. The van der Waals surface area contributed by atoms with Crippen LogP contribution in [0.1, 0.15) is 51.7 Å². The van der Waals surface area contributed by atoms with Crippen LogP contribution in [0.4, 0.5) is 5.69 Å². The highest BCUT2D eigenvalue weighted by Gasteiger charge is 2.65. The Balaban J connectivity index is 1.20. The lowest BCUT2D eigenvalue weighted by atomic mass is 9.50. The van der Waals surface area contributed by atoms with Crippen molar-refractivity contribution >= 4 is 42.8 Å². The van der Waals surface area contributed by atoms with E-state index in [1.807, 2.05) is 30.3 Å². The van der Waals surface area contributed by atoms with Crippen molar-refractivity contribution in [2.24, 2.45) is 15.7 Å². The Kier molecular flexibility index (Phi) is 6.42. The number of benzene rings is 4. The standard InChI is InChI=1S/C52H41N3OS/c1-33-29-30-50(2)47-39-23-11-14-24-42(39)53-57(56,36-19-9-6-10-20-36)49(47)55-45-26-16-13-22-38(45)41-32-51(3,46(33)48(50)52(41,55)4)34-27-28-44-40(31-34)37-21-12-15-25-43(37)54(44)35-17-7-5-8-18-35/h5-9,11-15,17-19,21-25,27-33H,16,26H2,1-4H3. The zero-order chi connectivity index (χ0) is 38.5. The smallest absolute Gasteiger partial charge is 0.133 e. The second kappa shape index (κ2) is 11.1. The maximum Gasteiger partial charge on any atom is 0.133 e. The molecule has 0 bridgehead atoms. The zero-order valence-electron chi connectivity index (χ0n) is 32.5. The molecule has 276 valence electrons. The lowest BCUT2D eigenvalue weighted by molar-refractivity contribution is 0.247. The lowest BCUT2D eigenvalue weighted by Gasteiger charge is -2.60. The molecule has 1 aromatic heterocycles. The van der Waals surface area contributed by atoms with E-state index in [4.69, 9.17) is 4.36 Å². The van der Waals surface area contributed by atoms with Gasteiger partial charge in [0, 0.05) is 44.1 Å². The zero-order valence-corrected chi connectivity index (χ0v) is 33.3.